The molecule has 0 amide bonds. The summed E-state index contributed by atoms with van der Waals surface area (Å²) in [6.07, 6.45) is 2.83. The van der Waals surface area contributed by atoms with E-state index in [0.29, 0.717) is 0 Å². The van der Waals surface area contributed by atoms with Crippen LogP contribution < -0.4 is 0 Å². The summed E-state index contributed by atoms with van der Waals surface area (Å²) < 4.78 is 3.30. The standard InChI is InChI=1S/C15H15BrClN3S/c1-9-7-12-15(18-8-9)20(14(19-12)10(2)17)6-5-11-3-4-13(16)21-11/h3-4,7-8,10H,5-6H2,1-2H3. The van der Waals surface area contributed by atoms with Crippen LogP contribution >= 0.6 is 38.9 Å². The second-order valence-corrected chi connectivity index (χ2v) is 8.25. The average molecular weight is 385 g/mol. The summed E-state index contributed by atoms with van der Waals surface area (Å²) in [6.45, 7) is 4.82. The second kappa shape index (κ2) is 6.07. The number of nitrogens with zero attached hydrogens (tertiary/aromatic N) is 3. The average Bonchev–Trinajstić information content (AvgIpc) is 2.99. The van der Waals surface area contributed by atoms with Crippen LogP contribution in [0.1, 0.15) is 28.6 Å². The molecule has 21 heavy (non-hydrogen) atoms. The second-order valence-electron chi connectivity index (χ2n) is 5.05. The summed E-state index contributed by atoms with van der Waals surface area (Å²) in [4.78, 5) is 10.5. The number of aromatic nitrogens is 3. The van der Waals surface area contributed by atoms with Gasteiger partial charge < -0.3 is 4.57 Å². The molecule has 0 aliphatic rings. The largest absolute Gasteiger partial charge is 0.311 e. The van der Waals surface area contributed by atoms with Crippen molar-refractivity contribution in [2.75, 3.05) is 0 Å². The van der Waals surface area contributed by atoms with Crippen molar-refractivity contribution >= 4 is 50.0 Å². The molecule has 0 spiro atoms. The summed E-state index contributed by atoms with van der Waals surface area (Å²) in [7, 11) is 0. The quantitative estimate of drug-likeness (QED) is 0.585. The van der Waals surface area contributed by atoms with Gasteiger partial charge in [-0.1, -0.05) is 0 Å². The van der Waals surface area contributed by atoms with Crippen molar-refractivity contribution in [2.24, 2.45) is 0 Å². The van der Waals surface area contributed by atoms with Gasteiger partial charge in [-0.05, 0) is 60.0 Å². The third-order valence-electron chi connectivity index (χ3n) is 3.32. The van der Waals surface area contributed by atoms with Crippen molar-refractivity contribution < 1.29 is 0 Å². The van der Waals surface area contributed by atoms with Crippen molar-refractivity contribution in [3.8, 4) is 0 Å². The molecule has 0 aliphatic heterocycles. The number of pyridine rings is 1. The summed E-state index contributed by atoms with van der Waals surface area (Å²) in [6, 6.07) is 6.29. The zero-order valence-electron chi connectivity index (χ0n) is 11.8. The van der Waals surface area contributed by atoms with Crippen LogP contribution in [-0.2, 0) is 13.0 Å². The Hall–Kier alpha value is -0.910. The first-order valence-electron chi connectivity index (χ1n) is 6.75. The Balaban J connectivity index is 1.97. The fourth-order valence-electron chi connectivity index (χ4n) is 2.36. The lowest BCUT2D eigenvalue weighted by Crippen LogP contribution is -2.07. The summed E-state index contributed by atoms with van der Waals surface area (Å²) >= 11 is 11.6. The molecule has 3 aromatic heterocycles. The predicted molar refractivity (Wildman–Crippen MR) is 92.3 cm³/mol. The number of hydrogen-bond donors (Lipinski definition) is 0. The van der Waals surface area contributed by atoms with Gasteiger partial charge in [0.15, 0.2) is 5.65 Å². The zero-order chi connectivity index (χ0) is 15.0. The highest BCUT2D eigenvalue weighted by molar-refractivity contribution is 9.11. The SMILES string of the molecule is Cc1cnc2c(c1)nc(C(C)Cl)n2CCc1ccc(Br)s1. The maximum Gasteiger partial charge on any atom is 0.160 e. The summed E-state index contributed by atoms with van der Waals surface area (Å²) in [5.74, 6) is 0.889. The van der Waals surface area contributed by atoms with Gasteiger partial charge in [-0.2, -0.15) is 0 Å². The smallest absolute Gasteiger partial charge is 0.160 e. The molecule has 0 aliphatic carbocycles. The predicted octanol–water partition coefficient (Wildman–Crippen LogP) is 5.11. The molecule has 0 radical (unpaired) electrons. The highest BCUT2D eigenvalue weighted by Gasteiger charge is 2.16. The number of fused-ring (bicyclic) bond motifs is 1. The third-order valence-corrected chi connectivity index (χ3v) is 5.20. The molecule has 3 rings (SSSR count). The number of halogens is 2. The monoisotopic (exact) mass is 383 g/mol. The van der Waals surface area contributed by atoms with Gasteiger partial charge in [0.2, 0.25) is 0 Å². The van der Waals surface area contributed by atoms with Crippen molar-refractivity contribution in [3.63, 3.8) is 0 Å². The molecule has 1 unspecified atom stereocenters. The van der Waals surface area contributed by atoms with Crippen molar-refractivity contribution in [1.29, 1.82) is 0 Å². The Bertz CT molecular complexity index is 778. The van der Waals surface area contributed by atoms with Crippen molar-refractivity contribution in [2.45, 2.75) is 32.2 Å². The van der Waals surface area contributed by atoms with Crippen LogP contribution in [0.3, 0.4) is 0 Å². The molecular weight excluding hydrogens is 370 g/mol. The molecule has 0 N–H and O–H groups in total. The molecule has 0 saturated heterocycles. The van der Waals surface area contributed by atoms with Gasteiger partial charge in [0.25, 0.3) is 0 Å². The van der Waals surface area contributed by atoms with E-state index in [1.165, 1.54) is 4.88 Å². The maximum absolute atomic E-state index is 6.29. The van der Waals surface area contributed by atoms with Crippen LogP contribution in [0.2, 0.25) is 0 Å². The van der Waals surface area contributed by atoms with Gasteiger partial charge in [-0.15, -0.1) is 22.9 Å². The van der Waals surface area contributed by atoms with E-state index in [1.807, 2.05) is 20.0 Å². The van der Waals surface area contributed by atoms with Crippen molar-refractivity contribution in [1.82, 2.24) is 14.5 Å². The minimum Gasteiger partial charge on any atom is -0.311 e. The Kier molecular flexibility index (Phi) is 4.33. The van der Waals surface area contributed by atoms with Gasteiger partial charge in [-0.25, -0.2) is 9.97 Å². The van der Waals surface area contributed by atoms with E-state index >= 15 is 0 Å². The topological polar surface area (TPSA) is 30.7 Å². The number of rotatable bonds is 4. The van der Waals surface area contributed by atoms with Gasteiger partial charge in [0.05, 0.1) is 9.16 Å². The molecule has 0 fully saturated rings. The van der Waals surface area contributed by atoms with Gasteiger partial charge in [0.1, 0.15) is 11.3 Å². The maximum atomic E-state index is 6.29. The fraction of sp³-hybridized carbons (Fsp3) is 0.333. The first kappa shape index (κ1) is 15.0. The van der Waals surface area contributed by atoms with E-state index < -0.39 is 0 Å². The van der Waals surface area contributed by atoms with Gasteiger partial charge >= 0.3 is 0 Å². The lowest BCUT2D eigenvalue weighted by molar-refractivity contribution is 0.667. The molecule has 0 aromatic carbocycles. The van der Waals surface area contributed by atoms with Crippen LogP contribution in [0.4, 0.5) is 0 Å². The lowest BCUT2D eigenvalue weighted by Gasteiger charge is -2.09. The van der Waals surface area contributed by atoms with Crippen LogP contribution in [0.25, 0.3) is 11.2 Å². The van der Waals surface area contributed by atoms with Gasteiger partial charge in [-0.3, -0.25) is 0 Å². The number of thiophene rings is 1. The van der Waals surface area contributed by atoms with E-state index in [2.05, 4.69) is 48.7 Å². The number of imidazole rings is 1. The Morgan fingerprint density at radius 1 is 1.43 bits per heavy atom. The van der Waals surface area contributed by atoms with E-state index in [1.54, 1.807) is 11.3 Å². The highest BCUT2D eigenvalue weighted by Crippen LogP contribution is 2.26. The van der Waals surface area contributed by atoms with E-state index in [4.69, 9.17) is 11.6 Å². The molecule has 3 heterocycles. The van der Waals surface area contributed by atoms with E-state index in [0.717, 1.165) is 39.3 Å². The van der Waals surface area contributed by atoms with Crippen LogP contribution in [-0.4, -0.2) is 14.5 Å². The van der Waals surface area contributed by atoms with E-state index in [-0.39, 0.29) is 5.38 Å². The molecule has 0 saturated carbocycles. The Labute approximate surface area is 141 Å². The lowest BCUT2D eigenvalue weighted by atomic mass is 10.3. The zero-order valence-corrected chi connectivity index (χ0v) is 15.0. The third kappa shape index (κ3) is 3.15. The molecule has 110 valence electrons. The van der Waals surface area contributed by atoms with Crippen LogP contribution in [0.15, 0.2) is 28.2 Å². The summed E-state index contributed by atoms with van der Waals surface area (Å²) in [5, 5.41) is -0.130. The highest BCUT2D eigenvalue weighted by atomic mass is 79.9. The molecule has 6 heteroatoms. The fourth-order valence-corrected chi connectivity index (χ4v) is 4.00. The molecular formula is C15H15BrClN3S. The van der Waals surface area contributed by atoms with Gasteiger partial charge in [0, 0.05) is 17.6 Å². The minimum absolute atomic E-state index is 0.130. The first-order valence-corrected chi connectivity index (χ1v) is 8.80. The number of alkyl halides is 1. The number of hydrogen-bond acceptors (Lipinski definition) is 3. The minimum atomic E-state index is -0.130. The van der Waals surface area contributed by atoms with Crippen LogP contribution in [0.5, 0.6) is 0 Å². The van der Waals surface area contributed by atoms with Crippen molar-refractivity contribution in [3.05, 3.63) is 44.4 Å². The summed E-state index contributed by atoms with van der Waals surface area (Å²) in [5.41, 5.74) is 2.95. The Morgan fingerprint density at radius 2 is 2.24 bits per heavy atom. The Morgan fingerprint density at radius 3 is 2.90 bits per heavy atom. The molecule has 3 aromatic rings. The molecule has 3 nitrogen and oxygen atoms in total. The molecule has 0 bridgehead atoms. The number of aryl methyl sites for hydroxylation is 3. The van der Waals surface area contributed by atoms with E-state index in [9.17, 15) is 0 Å². The normalized spacial score (nSPS) is 13.0. The molecule has 1 atom stereocenters. The first-order chi connectivity index (χ1) is 10.0. The van der Waals surface area contributed by atoms with Crippen LogP contribution in [0, 0.1) is 6.92 Å².